The molecule has 9 nitrogen and oxygen atoms in total. The van der Waals surface area contributed by atoms with Gasteiger partial charge in [0.2, 0.25) is 0 Å². The van der Waals surface area contributed by atoms with E-state index >= 15 is 0 Å². The van der Waals surface area contributed by atoms with E-state index in [2.05, 4.69) is 10.6 Å². The second-order valence-corrected chi connectivity index (χ2v) is 7.10. The number of thiophene rings is 1. The fraction of sp³-hybridized carbons (Fsp3) is 0.278. The van der Waals surface area contributed by atoms with Crippen molar-refractivity contribution < 1.29 is 24.0 Å². The molecule has 0 unspecified atom stereocenters. The Hall–Kier alpha value is -3.27. The summed E-state index contributed by atoms with van der Waals surface area (Å²) in [5.74, 6) is -1.13. The number of rotatable bonds is 5. The number of nitrogens with zero attached hydrogens (tertiary/aromatic N) is 1. The van der Waals surface area contributed by atoms with E-state index in [1.807, 2.05) is 0 Å². The summed E-state index contributed by atoms with van der Waals surface area (Å²) in [5.41, 5.74) is 1.18. The van der Waals surface area contributed by atoms with Crippen LogP contribution in [0.2, 0.25) is 0 Å². The number of non-ortho nitro benzene ring substituents is 1. The fourth-order valence-electron chi connectivity index (χ4n) is 2.96. The normalized spacial score (nSPS) is 12.2. The standard InChI is InChI=1S/C18H17N3O6S/c1-2-27-18(24)20-16(23)14-12-4-3-5-13(12)28-17(14)19-15(22)10-6-8-11(9-7-10)21(25)26/h6-9H,2-5H2,1H3,(H,19,22)(H,20,23,24). The summed E-state index contributed by atoms with van der Waals surface area (Å²) in [4.78, 5) is 47.9. The van der Waals surface area contributed by atoms with Gasteiger partial charge in [0.15, 0.2) is 0 Å². The third kappa shape index (κ3) is 4.01. The molecule has 0 fully saturated rings. The second kappa shape index (κ2) is 8.17. The van der Waals surface area contributed by atoms with Crippen molar-refractivity contribution in [1.82, 2.24) is 5.32 Å². The quantitative estimate of drug-likeness (QED) is 0.582. The molecule has 0 saturated heterocycles. The Morgan fingerprint density at radius 2 is 1.89 bits per heavy atom. The lowest BCUT2D eigenvalue weighted by molar-refractivity contribution is -0.384. The first-order valence-corrected chi connectivity index (χ1v) is 9.40. The van der Waals surface area contributed by atoms with E-state index in [1.54, 1.807) is 6.92 Å². The van der Waals surface area contributed by atoms with Crippen molar-refractivity contribution in [2.75, 3.05) is 11.9 Å². The fourth-order valence-corrected chi connectivity index (χ4v) is 4.25. The summed E-state index contributed by atoms with van der Waals surface area (Å²) in [6.07, 6.45) is 1.54. The maximum atomic E-state index is 12.6. The first-order valence-electron chi connectivity index (χ1n) is 8.59. The van der Waals surface area contributed by atoms with Crippen molar-refractivity contribution in [3.05, 3.63) is 55.9 Å². The van der Waals surface area contributed by atoms with Gasteiger partial charge in [-0.1, -0.05) is 0 Å². The molecule has 0 saturated carbocycles. The van der Waals surface area contributed by atoms with Crippen molar-refractivity contribution >= 4 is 39.9 Å². The second-order valence-electron chi connectivity index (χ2n) is 5.99. The zero-order valence-corrected chi connectivity index (χ0v) is 15.8. The molecule has 28 heavy (non-hydrogen) atoms. The molecule has 1 aromatic heterocycles. The highest BCUT2D eigenvalue weighted by Crippen LogP contribution is 2.39. The van der Waals surface area contributed by atoms with Gasteiger partial charge in [-0.05, 0) is 43.9 Å². The van der Waals surface area contributed by atoms with Crippen LogP contribution in [0.1, 0.15) is 44.5 Å². The molecule has 1 aromatic carbocycles. The summed E-state index contributed by atoms with van der Waals surface area (Å²) >= 11 is 1.30. The number of alkyl carbamates (subject to hydrolysis) is 1. The van der Waals surface area contributed by atoms with Crippen LogP contribution in [0.15, 0.2) is 24.3 Å². The van der Waals surface area contributed by atoms with E-state index in [4.69, 9.17) is 4.74 Å². The topological polar surface area (TPSA) is 128 Å². The maximum absolute atomic E-state index is 12.6. The third-order valence-electron chi connectivity index (χ3n) is 4.21. The van der Waals surface area contributed by atoms with Gasteiger partial charge < -0.3 is 10.1 Å². The van der Waals surface area contributed by atoms with Crippen molar-refractivity contribution in [3.8, 4) is 0 Å². The SMILES string of the molecule is CCOC(=O)NC(=O)c1c(NC(=O)c2ccc([N+](=O)[O-])cc2)sc2c1CCC2. The van der Waals surface area contributed by atoms with Gasteiger partial charge in [-0.2, -0.15) is 0 Å². The summed E-state index contributed by atoms with van der Waals surface area (Å²) < 4.78 is 4.74. The minimum absolute atomic E-state index is 0.124. The number of fused-ring (bicyclic) bond motifs is 1. The monoisotopic (exact) mass is 403 g/mol. The lowest BCUT2D eigenvalue weighted by atomic mass is 10.1. The molecule has 2 N–H and O–H groups in total. The molecule has 3 rings (SSSR count). The molecular formula is C18H17N3O6S. The van der Waals surface area contributed by atoms with E-state index in [0.717, 1.165) is 23.3 Å². The molecular weight excluding hydrogens is 386 g/mol. The van der Waals surface area contributed by atoms with E-state index in [-0.39, 0.29) is 23.4 Å². The van der Waals surface area contributed by atoms with Gasteiger partial charge in [-0.3, -0.25) is 25.0 Å². The van der Waals surface area contributed by atoms with Crippen LogP contribution in [0, 0.1) is 10.1 Å². The molecule has 0 aliphatic heterocycles. The zero-order chi connectivity index (χ0) is 20.3. The molecule has 1 heterocycles. The Bertz CT molecular complexity index is 951. The van der Waals surface area contributed by atoms with Gasteiger partial charge in [0.05, 0.1) is 17.1 Å². The molecule has 1 aliphatic rings. The van der Waals surface area contributed by atoms with Gasteiger partial charge >= 0.3 is 6.09 Å². The predicted molar refractivity (Wildman–Crippen MR) is 102 cm³/mol. The van der Waals surface area contributed by atoms with E-state index in [0.29, 0.717) is 11.4 Å². The third-order valence-corrected chi connectivity index (χ3v) is 5.41. The predicted octanol–water partition coefficient (Wildman–Crippen LogP) is 3.28. The maximum Gasteiger partial charge on any atom is 0.414 e. The summed E-state index contributed by atoms with van der Waals surface area (Å²) in [5, 5.41) is 15.9. The number of amides is 3. The smallest absolute Gasteiger partial charge is 0.414 e. The number of nitro benzene ring substituents is 1. The number of nitro groups is 1. The Balaban J connectivity index is 1.83. The summed E-state index contributed by atoms with van der Waals surface area (Å²) in [7, 11) is 0. The molecule has 1 aliphatic carbocycles. The summed E-state index contributed by atoms with van der Waals surface area (Å²) in [6, 6.07) is 5.15. The molecule has 2 aromatic rings. The van der Waals surface area contributed by atoms with Gasteiger partial charge in [-0.15, -0.1) is 11.3 Å². The molecule has 3 amide bonds. The van der Waals surface area contributed by atoms with Crippen molar-refractivity contribution in [2.45, 2.75) is 26.2 Å². The van der Waals surface area contributed by atoms with Crippen LogP contribution in [-0.4, -0.2) is 29.4 Å². The number of benzene rings is 1. The number of anilines is 1. The van der Waals surface area contributed by atoms with Crippen molar-refractivity contribution in [3.63, 3.8) is 0 Å². The van der Waals surface area contributed by atoms with Crippen molar-refractivity contribution in [2.24, 2.45) is 0 Å². The number of hydrogen-bond acceptors (Lipinski definition) is 7. The minimum atomic E-state index is -0.849. The first-order chi connectivity index (χ1) is 13.4. The average molecular weight is 403 g/mol. The van der Waals surface area contributed by atoms with Gasteiger partial charge in [-0.25, -0.2) is 4.79 Å². The van der Waals surface area contributed by atoms with Gasteiger partial charge in [0.25, 0.3) is 17.5 Å². The number of imide groups is 1. The Kier molecular flexibility index (Phi) is 5.69. The van der Waals surface area contributed by atoms with Crippen molar-refractivity contribution in [1.29, 1.82) is 0 Å². The largest absolute Gasteiger partial charge is 0.450 e. The highest BCUT2D eigenvalue weighted by molar-refractivity contribution is 7.17. The van der Waals surface area contributed by atoms with Crippen LogP contribution in [-0.2, 0) is 17.6 Å². The number of aryl methyl sites for hydroxylation is 1. The van der Waals surface area contributed by atoms with Crippen LogP contribution in [0.4, 0.5) is 15.5 Å². The Labute approximate surface area is 163 Å². The minimum Gasteiger partial charge on any atom is -0.450 e. The van der Waals surface area contributed by atoms with E-state index in [1.165, 1.54) is 35.6 Å². The van der Waals surface area contributed by atoms with Gasteiger partial charge in [0.1, 0.15) is 5.00 Å². The first kappa shape index (κ1) is 19.5. The summed E-state index contributed by atoms with van der Waals surface area (Å²) in [6.45, 7) is 1.76. The number of carbonyl (C=O) groups is 3. The number of hydrogen-bond donors (Lipinski definition) is 2. The van der Waals surface area contributed by atoms with Crippen LogP contribution in [0.3, 0.4) is 0 Å². The Morgan fingerprint density at radius 1 is 1.18 bits per heavy atom. The molecule has 10 heteroatoms. The average Bonchev–Trinajstić information content (AvgIpc) is 3.22. The lowest BCUT2D eigenvalue weighted by Gasteiger charge is -2.09. The van der Waals surface area contributed by atoms with Crippen LogP contribution in [0.5, 0.6) is 0 Å². The number of nitrogens with one attached hydrogen (secondary N) is 2. The van der Waals surface area contributed by atoms with Gasteiger partial charge in [0, 0.05) is 22.6 Å². The molecule has 0 atom stereocenters. The molecule has 0 bridgehead atoms. The molecule has 0 radical (unpaired) electrons. The lowest BCUT2D eigenvalue weighted by Crippen LogP contribution is -2.32. The van der Waals surface area contributed by atoms with E-state index < -0.39 is 22.8 Å². The number of ether oxygens (including phenoxy) is 1. The van der Waals surface area contributed by atoms with Crippen LogP contribution < -0.4 is 10.6 Å². The number of carbonyl (C=O) groups excluding carboxylic acids is 3. The highest BCUT2D eigenvalue weighted by Gasteiger charge is 2.28. The molecule has 0 spiro atoms. The Morgan fingerprint density at radius 3 is 2.54 bits per heavy atom. The van der Waals surface area contributed by atoms with Crippen LogP contribution in [0.25, 0.3) is 0 Å². The molecule has 146 valence electrons. The van der Waals surface area contributed by atoms with E-state index in [9.17, 15) is 24.5 Å². The van der Waals surface area contributed by atoms with Crippen LogP contribution >= 0.6 is 11.3 Å². The highest BCUT2D eigenvalue weighted by atomic mass is 32.1. The zero-order valence-electron chi connectivity index (χ0n) is 14.9.